The van der Waals surface area contributed by atoms with Crippen LogP contribution in [0.1, 0.15) is 53.9 Å². The van der Waals surface area contributed by atoms with Gasteiger partial charge in [-0.2, -0.15) is 0 Å². The number of amides is 2. The lowest BCUT2D eigenvalue weighted by Gasteiger charge is -2.43. The van der Waals surface area contributed by atoms with Gasteiger partial charge >= 0.3 is 0 Å². The Bertz CT molecular complexity index is 400. The van der Waals surface area contributed by atoms with Crippen molar-refractivity contribution in [2.24, 2.45) is 17.3 Å². The molecule has 2 aliphatic rings. The number of carbonyl (C=O) groups excluding carboxylic acids is 2. The lowest BCUT2D eigenvalue weighted by Crippen LogP contribution is -2.66. The number of hydrogen-bond acceptors (Lipinski definition) is 2. The second-order valence-electron chi connectivity index (χ2n) is 7.76. The van der Waals surface area contributed by atoms with Gasteiger partial charge in [-0.25, -0.2) is 0 Å². The Morgan fingerprint density at radius 3 is 2.35 bits per heavy atom. The highest BCUT2D eigenvalue weighted by molar-refractivity contribution is 5.97. The van der Waals surface area contributed by atoms with Crippen LogP contribution in [-0.2, 0) is 9.59 Å². The van der Waals surface area contributed by atoms with Crippen LogP contribution in [0.25, 0.3) is 0 Å². The summed E-state index contributed by atoms with van der Waals surface area (Å²) < 4.78 is 0. The van der Waals surface area contributed by atoms with E-state index in [4.69, 9.17) is 0 Å². The molecule has 0 spiro atoms. The van der Waals surface area contributed by atoms with Crippen LogP contribution in [0.15, 0.2) is 0 Å². The van der Waals surface area contributed by atoms with Crippen LogP contribution >= 0.6 is 0 Å². The quantitative estimate of drug-likeness (QED) is 0.843. The minimum atomic E-state index is -0.398. The van der Waals surface area contributed by atoms with E-state index in [0.29, 0.717) is 5.92 Å². The van der Waals surface area contributed by atoms with Gasteiger partial charge in [-0.05, 0) is 37.0 Å². The van der Waals surface area contributed by atoms with E-state index in [9.17, 15) is 9.59 Å². The highest BCUT2D eigenvalue weighted by Crippen LogP contribution is 2.33. The first-order valence-electron chi connectivity index (χ1n) is 7.81. The molecule has 4 nitrogen and oxygen atoms in total. The van der Waals surface area contributed by atoms with Gasteiger partial charge < -0.3 is 10.2 Å². The molecule has 0 bridgehead atoms. The van der Waals surface area contributed by atoms with Gasteiger partial charge in [0.15, 0.2) is 0 Å². The predicted octanol–water partition coefficient (Wildman–Crippen LogP) is 2.18. The maximum Gasteiger partial charge on any atom is 0.246 e. The summed E-state index contributed by atoms with van der Waals surface area (Å²) in [6.07, 6.45) is 3.60. The fourth-order valence-corrected chi connectivity index (χ4v) is 3.43. The summed E-state index contributed by atoms with van der Waals surface area (Å²) in [4.78, 5) is 26.7. The van der Waals surface area contributed by atoms with Crippen molar-refractivity contribution in [3.63, 3.8) is 0 Å². The van der Waals surface area contributed by atoms with Crippen LogP contribution in [0.5, 0.6) is 0 Å². The van der Waals surface area contributed by atoms with E-state index in [1.54, 1.807) is 0 Å². The number of piperazine rings is 1. The van der Waals surface area contributed by atoms with Crippen molar-refractivity contribution < 1.29 is 9.59 Å². The minimum absolute atomic E-state index is 0.0180. The molecule has 1 heterocycles. The van der Waals surface area contributed by atoms with Crippen molar-refractivity contribution >= 4 is 11.8 Å². The summed E-state index contributed by atoms with van der Waals surface area (Å²) in [6.45, 7) is 10.9. The summed E-state index contributed by atoms with van der Waals surface area (Å²) >= 11 is 0. The Morgan fingerprint density at radius 1 is 1.20 bits per heavy atom. The van der Waals surface area contributed by atoms with Crippen molar-refractivity contribution in [3.8, 4) is 0 Å². The molecule has 2 fully saturated rings. The molecule has 114 valence electrons. The monoisotopic (exact) mass is 280 g/mol. The average molecular weight is 280 g/mol. The molecular formula is C16H28N2O2. The Labute approximate surface area is 122 Å². The van der Waals surface area contributed by atoms with E-state index in [2.05, 4.69) is 12.2 Å². The largest absolute Gasteiger partial charge is 0.342 e. The Kier molecular flexibility index (Phi) is 4.12. The summed E-state index contributed by atoms with van der Waals surface area (Å²) in [6, 6.07) is -0.734. The highest BCUT2D eigenvalue weighted by atomic mass is 16.2. The fourth-order valence-electron chi connectivity index (χ4n) is 3.43. The van der Waals surface area contributed by atoms with E-state index in [0.717, 1.165) is 12.5 Å². The number of rotatable bonds is 2. The Morgan fingerprint density at radius 2 is 1.85 bits per heavy atom. The number of nitrogens with zero attached hydrogens (tertiary/aromatic N) is 1. The molecule has 4 unspecified atom stereocenters. The molecule has 0 aromatic rings. The molecule has 20 heavy (non-hydrogen) atoms. The third-order valence-electron chi connectivity index (χ3n) is 4.79. The van der Waals surface area contributed by atoms with E-state index in [-0.39, 0.29) is 23.3 Å². The van der Waals surface area contributed by atoms with Crippen molar-refractivity contribution in [3.05, 3.63) is 0 Å². The minimum Gasteiger partial charge on any atom is -0.342 e. The van der Waals surface area contributed by atoms with Gasteiger partial charge in [0.05, 0.1) is 0 Å². The number of carbonyl (C=O) groups is 2. The third-order valence-corrected chi connectivity index (χ3v) is 4.79. The topological polar surface area (TPSA) is 49.4 Å². The number of hydrogen-bond donors (Lipinski definition) is 1. The summed E-state index contributed by atoms with van der Waals surface area (Å²) in [5.41, 5.74) is -0.242. The van der Waals surface area contributed by atoms with Gasteiger partial charge in [-0.15, -0.1) is 0 Å². The lowest BCUT2D eigenvalue weighted by molar-refractivity contribution is -0.152. The molecule has 0 radical (unpaired) electrons. The first kappa shape index (κ1) is 15.3. The molecule has 0 aromatic carbocycles. The van der Waals surface area contributed by atoms with Crippen LogP contribution in [0.3, 0.4) is 0 Å². The maximum atomic E-state index is 12.7. The van der Waals surface area contributed by atoms with Crippen molar-refractivity contribution in [1.29, 1.82) is 0 Å². The van der Waals surface area contributed by atoms with Gasteiger partial charge in [-0.1, -0.05) is 34.1 Å². The molecule has 1 aliphatic heterocycles. The molecule has 2 rings (SSSR count). The fraction of sp³-hybridized carbons (Fsp3) is 0.875. The van der Waals surface area contributed by atoms with Gasteiger partial charge in [0, 0.05) is 6.54 Å². The molecule has 2 amide bonds. The van der Waals surface area contributed by atoms with Gasteiger partial charge in [-0.3, -0.25) is 9.59 Å². The number of nitrogens with one attached hydrogen (secondary N) is 1. The summed E-state index contributed by atoms with van der Waals surface area (Å²) in [5.74, 6) is 1.38. The second-order valence-corrected chi connectivity index (χ2v) is 7.76. The van der Waals surface area contributed by atoms with Crippen LogP contribution < -0.4 is 5.32 Å². The van der Waals surface area contributed by atoms with Crippen LogP contribution in [-0.4, -0.2) is 35.3 Å². The van der Waals surface area contributed by atoms with E-state index >= 15 is 0 Å². The second kappa shape index (κ2) is 5.38. The van der Waals surface area contributed by atoms with Gasteiger partial charge in [0.25, 0.3) is 0 Å². The van der Waals surface area contributed by atoms with Crippen LogP contribution in [0.4, 0.5) is 0 Å². The predicted molar refractivity (Wildman–Crippen MR) is 79.1 cm³/mol. The molecule has 0 aromatic heterocycles. The standard InChI is InChI=1S/C16H28N2O2/c1-10-6-7-12(8-10)9-18-11(2)14(19)17-13(15(18)20)16(3,4)5/h10-13H,6-9H2,1-5H3,(H,17,19). The Balaban J connectivity index is 2.12. The van der Waals surface area contributed by atoms with Crippen molar-refractivity contribution in [1.82, 2.24) is 10.2 Å². The molecule has 1 saturated heterocycles. The van der Waals surface area contributed by atoms with E-state index in [1.165, 1.54) is 19.3 Å². The molecule has 4 atom stereocenters. The van der Waals surface area contributed by atoms with E-state index in [1.807, 2.05) is 32.6 Å². The summed E-state index contributed by atoms with van der Waals surface area (Å²) in [5, 5.41) is 2.89. The van der Waals surface area contributed by atoms with E-state index < -0.39 is 6.04 Å². The molecule has 1 saturated carbocycles. The normalized spacial score (nSPS) is 35.4. The highest BCUT2D eigenvalue weighted by Gasteiger charge is 2.44. The maximum absolute atomic E-state index is 12.7. The average Bonchev–Trinajstić information content (AvgIpc) is 2.73. The van der Waals surface area contributed by atoms with Gasteiger partial charge in [0.1, 0.15) is 12.1 Å². The Hall–Kier alpha value is -1.06. The van der Waals surface area contributed by atoms with Gasteiger partial charge in [0.2, 0.25) is 11.8 Å². The van der Waals surface area contributed by atoms with Crippen molar-refractivity contribution in [2.75, 3.05) is 6.54 Å². The smallest absolute Gasteiger partial charge is 0.246 e. The zero-order valence-electron chi connectivity index (χ0n) is 13.4. The summed E-state index contributed by atoms with van der Waals surface area (Å²) in [7, 11) is 0. The third kappa shape index (κ3) is 2.99. The lowest BCUT2D eigenvalue weighted by atomic mass is 9.83. The van der Waals surface area contributed by atoms with Crippen LogP contribution in [0, 0.1) is 17.3 Å². The molecular weight excluding hydrogens is 252 g/mol. The SMILES string of the molecule is CC1CCC(CN2C(=O)C(C(C)(C)C)NC(=O)C2C)C1. The molecule has 1 N–H and O–H groups in total. The zero-order valence-corrected chi connectivity index (χ0v) is 13.4. The first-order valence-corrected chi connectivity index (χ1v) is 7.81. The van der Waals surface area contributed by atoms with Crippen LogP contribution in [0.2, 0.25) is 0 Å². The molecule has 4 heteroatoms. The molecule has 1 aliphatic carbocycles. The van der Waals surface area contributed by atoms with Crippen molar-refractivity contribution in [2.45, 2.75) is 66.0 Å². The first-order chi connectivity index (χ1) is 9.20. The zero-order chi connectivity index (χ0) is 15.1.